The maximum absolute atomic E-state index is 5.67. The summed E-state index contributed by atoms with van der Waals surface area (Å²) < 4.78 is 0. The first kappa shape index (κ1) is 8.25. The van der Waals surface area contributed by atoms with Crippen molar-refractivity contribution in [2.24, 2.45) is 0 Å². The van der Waals surface area contributed by atoms with Crippen LogP contribution in [-0.2, 0) is 0 Å². The van der Waals surface area contributed by atoms with Crippen molar-refractivity contribution in [1.82, 2.24) is 5.32 Å². The van der Waals surface area contributed by atoms with Gasteiger partial charge in [-0.1, -0.05) is 6.92 Å². The monoisotopic (exact) mass is 135 g/mol. The van der Waals surface area contributed by atoms with Crippen molar-refractivity contribution in [3.63, 3.8) is 0 Å². The SMILES string of the molecule is CCNCCC(C)Cl. The molecule has 0 aliphatic rings. The zero-order valence-electron chi connectivity index (χ0n) is 5.58. The summed E-state index contributed by atoms with van der Waals surface area (Å²) in [5, 5.41) is 3.51. The van der Waals surface area contributed by atoms with Gasteiger partial charge in [-0.3, -0.25) is 0 Å². The van der Waals surface area contributed by atoms with Crippen molar-refractivity contribution in [3.05, 3.63) is 0 Å². The van der Waals surface area contributed by atoms with E-state index in [9.17, 15) is 0 Å². The number of alkyl halides is 1. The Morgan fingerprint density at radius 1 is 1.62 bits per heavy atom. The van der Waals surface area contributed by atoms with Gasteiger partial charge in [0.15, 0.2) is 0 Å². The van der Waals surface area contributed by atoms with Crippen LogP contribution < -0.4 is 5.32 Å². The van der Waals surface area contributed by atoms with Crippen molar-refractivity contribution in [2.75, 3.05) is 13.1 Å². The molecule has 0 radical (unpaired) electrons. The second kappa shape index (κ2) is 5.39. The molecule has 8 heavy (non-hydrogen) atoms. The van der Waals surface area contributed by atoms with Crippen molar-refractivity contribution < 1.29 is 0 Å². The maximum Gasteiger partial charge on any atom is 0.0319 e. The summed E-state index contributed by atoms with van der Waals surface area (Å²) in [4.78, 5) is 0. The Kier molecular flexibility index (Phi) is 5.56. The van der Waals surface area contributed by atoms with Crippen LogP contribution >= 0.6 is 11.6 Å². The average Bonchev–Trinajstić information content (AvgIpc) is 1.66. The zero-order chi connectivity index (χ0) is 6.41. The van der Waals surface area contributed by atoms with Gasteiger partial charge in [-0.2, -0.15) is 0 Å². The molecule has 0 aromatic rings. The third-order valence-electron chi connectivity index (χ3n) is 0.969. The summed E-state index contributed by atoms with van der Waals surface area (Å²) in [5.74, 6) is 0. The van der Waals surface area contributed by atoms with E-state index in [1.165, 1.54) is 0 Å². The van der Waals surface area contributed by atoms with Crippen LogP contribution in [0.25, 0.3) is 0 Å². The summed E-state index contributed by atoms with van der Waals surface area (Å²) in [6.45, 7) is 6.20. The zero-order valence-corrected chi connectivity index (χ0v) is 6.33. The van der Waals surface area contributed by atoms with Crippen LogP contribution in [0.5, 0.6) is 0 Å². The van der Waals surface area contributed by atoms with E-state index in [1.807, 2.05) is 6.92 Å². The number of nitrogens with one attached hydrogen (secondary N) is 1. The van der Waals surface area contributed by atoms with E-state index in [0.717, 1.165) is 19.5 Å². The minimum atomic E-state index is 0.314. The van der Waals surface area contributed by atoms with Crippen molar-refractivity contribution in [1.29, 1.82) is 0 Å². The van der Waals surface area contributed by atoms with Crippen molar-refractivity contribution in [2.45, 2.75) is 25.6 Å². The molecule has 2 heteroatoms. The number of rotatable bonds is 4. The Labute approximate surface area is 56.4 Å². The van der Waals surface area contributed by atoms with E-state index in [0.29, 0.717) is 5.38 Å². The molecule has 0 aromatic carbocycles. The second-order valence-corrected chi connectivity index (χ2v) is 2.67. The molecular weight excluding hydrogens is 122 g/mol. The fourth-order valence-electron chi connectivity index (χ4n) is 0.478. The number of hydrogen-bond acceptors (Lipinski definition) is 1. The summed E-state index contributed by atoms with van der Waals surface area (Å²) in [6.07, 6.45) is 1.06. The van der Waals surface area contributed by atoms with Crippen LogP contribution in [0.15, 0.2) is 0 Å². The molecular formula is C6H14ClN. The maximum atomic E-state index is 5.67. The summed E-state index contributed by atoms with van der Waals surface area (Å²) in [6, 6.07) is 0. The Morgan fingerprint density at radius 2 is 2.25 bits per heavy atom. The molecule has 0 rings (SSSR count). The van der Waals surface area contributed by atoms with Crippen LogP contribution in [0.4, 0.5) is 0 Å². The Bertz CT molecular complexity index is 45.8. The minimum absolute atomic E-state index is 0.314. The van der Waals surface area contributed by atoms with Gasteiger partial charge >= 0.3 is 0 Å². The third kappa shape index (κ3) is 6.25. The Balaban J connectivity index is 2.72. The van der Waals surface area contributed by atoms with Gasteiger partial charge in [0, 0.05) is 5.38 Å². The highest BCUT2D eigenvalue weighted by atomic mass is 35.5. The van der Waals surface area contributed by atoms with Gasteiger partial charge in [0.1, 0.15) is 0 Å². The van der Waals surface area contributed by atoms with Gasteiger partial charge in [-0.15, -0.1) is 11.6 Å². The van der Waals surface area contributed by atoms with Gasteiger partial charge in [0.05, 0.1) is 0 Å². The molecule has 0 aromatic heterocycles. The molecule has 0 fully saturated rings. The van der Waals surface area contributed by atoms with E-state index < -0.39 is 0 Å². The molecule has 0 heterocycles. The molecule has 1 nitrogen and oxygen atoms in total. The fourth-order valence-corrected chi connectivity index (χ4v) is 0.587. The van der Waals surface area contributed by atoms with Gasteiger partial charge < -0.3 is 5.32 Å². The first-order valence-electron chi connectivity index (χ1n) is 3.12. The van der Waals surface area contributed by atoms with Crippen molar-refractivity contribution >= 4 is 11.6 Å². The largest absolute Gasteiger partial charge is 0.317 e. The molecule has 0 spiro atoms. The average molecular weight is 136 g/mol. The summed E-state index contributed by atoms with van der Waals surface area (Å²) >= 11 is 5.67. The molecule has 0 aliphatic carbocycles. The molecule has 0 saturated heterocycles. The fraction of sp³-hybridized carbons (Fsp3) is 1.00. The molecule has 1 unspecified atom stereocenters. The molecule has 0 aliphatic heterocycles. The number of hydrogen-bond donors (Lipinski definition) is 1. The lowest BCUT2D eigenvalue weighted by atomic mass is 10.3. The third-order valence-corrected chi connectivity index (χ3v) is 1.19. The van der Waals surface area contributed by atoms with Crippen LogP contribution in [0.2, 0.25) is 0 Å². The van der Waals surface area contributed by atoms with Crippen LogP contribution in [0, 0.1) is 0 Å². The molecule has 50 valence electrons. The van der Waals surface area contributed by atoms with Crippen LogP contribution in [0.3, 0.4) is 0 Å². The standard InChI is InChI=1S/C6H14ClN/c1-3-8-5-4-6(2)7/h6,8H,3-5H2,1-2H3. The van der Waals surface area contributed by atoms with Gasteiger partial charge in [0.25, 0.3) is 0 Å². The first-order valence-corrected chi connectivity index (χ1v) is 3.55. The predicted molar refractivity (Wildman–Crippen MR) is 38.5 cm³/mol. The lowest BCUT2D eigenvalue weighted by molar-refractivity contribution is 0.667. The first-order chi connectivity index (χ1) is 3.77. The van der Waals surface area contributed by atoms with E-state index in [2.05, 4.69) is 12.2 Å². The van der Waals surface area contributed by atoms with E-state index in [4.69, 9.17) is 11.6 Å². The van der Waals surface area contributed by atoms with E-state index in [1.54, 1.807) is 0 Å². The normalized spacial score (nSPS) is 13.9. The summed E-state index contributed by atoms with van der Waals surface area (Å²) in [7, 11) is 0. The molecule has 1 atom stereocenters. The smallest absolute Gasteiger partial charge is 0.0319 e. The van der Waals surface area contributed by atoms with Crippen LogP contribution in [-0.4, -0.2) is 18.5 Å². The highest BCUT2D eigenvalue weighted by molar-refractivity contribution is 6.20. The van der Waals surface area contributed by atoms with E-state index >= 15 is 0 Å². The van der Waals surface area contributed by atoms with Crippen LogP contribution in [0.1, 0.15) is 20.3 Å². The lowest BCUT2D eigenvalue weighted by Crippen LogP contribution is -2.16. The highest BCUT2D eigenvalue weighted by Gasteiger charge is 1.91. The Hall–Kier alpha value is 0.250. The topological polar surface area (TPSA) is 12.0 Å². The van der Waals surface area contributed by atoms with Crippen molar-refractivity contribution in [3.8, 4) is 0 Å². The predicted octanol–water partition coefficient (Wildman–Crippen LogP) is 1.61. The highest BCUT2D eigenvalue weighted by Crippen LogP contribution is 1.96. The van der Waals surface area contributed by atoms with Gasteiger partial charge in [0.2, 0.25) is 0 Å². The van der Waals surface area contributed by atoms with Gasteiger partial charge in [-0.05, 0) is 26.4 Å². The molecule has 0 amide bonds. The molecule has 0 bridgehead atoms. The summed E-state index contributed by atoms with van der Waals surface area (Å²) in [5.41, 5.74) is 0. The quantitative estimate of drug-likeness (QED) is 0.456. The second-order valence-electron chi connectivity index (χ2n) is 1.92. The molecule has 0 saturated carbocycles. The lowest BCUT2D eigenvalue weighted by Gasteiger charge is -2.01. The molecule has 1 N–H and O–H groups in total. The minimum Gasteiger partial charge on any atom is -0.317 e. The van der Waals surface area contributed by atoms with E-state index in [-0.39, 0.29) is 0 Å². The van der Waals surface area contributed by atoms with Gasteiger partial charge in [-0.25, -0.2) is 0 Å². The Morgan fingerprint density at radius 3 is 2.62 bits per heavy atom. The number of halogens is 1.